The van der Waals surface area contributed by atoms with E-state index in [2.05, 4.69) is 10.1 Å². The number of aliphatic hydroxyl groups is 1. The van der Waals surface area contributed by atoms with Crippen LogP contribution in [0.25, 0.3) is 0 Å². The van der Waals surface area contributed by atoms with Crippen molar-refractivity contribution < 1.29 is 29.3 Å². The molecule has 0 aliphatic heterocycles. The number of rotatable bonds is 5. The first-order valence-electron chi connectivity index (χ1n) is 5.03. The van der Waals surface area contributed by atoms with Crippen molar-refractivity contribution in [3.8, 4) is 0 Å². The normalized spacial score (nSPS) is 15.9. The van der Waals surface area contributed by atoms with Crippen LogP contribution >= 0.6 is 0 Å². The lowest BCUT2D eigenvalue weighted by atomic mass is 10.0. The maximum atomic E-state index is 11.6. The molecule has 17 heavy (non-hydrogen) atoms. The molecule has 0 bridgehead atoms. The van der Waals surface area contributed by atoms with Gasteiger partial charge in [0.05, 0.1) is 0 Å². The van der Waals surface area contributed by atoms with Crippen molar-refractivity contribution in [1.29, 1.82) is 0 Å². The molecule has 0 fully saturated rings. The molecule has 2 unspecified atom stereocenters. The molecule has 0 radical (unpaired) electrons. The van der Waals surface area contributed by atoms with Gasteiger partial charge in [-0.2, -0.15) is 0 Å². The molecule has 2 atom stereocenters. The molecule has 0 saturated carbocycles. The first kappa shape index (κ1) is 15.4. The van der Waals surface area contributed by atoms with Crippen molar-refractivity contribution in [2.75, 3.05) is 0 Å². The zero-order chi connectivity index (χ0) is 13.8. The second kappa shape index (κ2) is 5.62. The number of hydrogen-bond acceptors (Lipinski definition) is 5. The van der Waals surface area contributed by atoms with E-state index in [1.165, 1.54) is 6.92 Å². The van der Waals surface area contributed by atoms with Crippen molar-refractivity contribution in [1.82, 2.24) is 5.32 Å². The monoisotopic (exact) mass is 247 g/mol. The third-order valence-electron chi connectivity index (χ3n) is 1.98. The molecule has 0 spiro atoms. The van der Waals surface area contributed by atoms with Gasteiger partial charge in [0.25, 0.3) is 0 Å². The summed E-state index contributed by atoms with van der Waals surface area (Å²) in [7, 11) is 0. The van der Waals surface area contributed by atoms with Gasteiger partial charge < -0.3 is 20.3 Å². The second-order valence-electron chi connectivity index (χ2n) is 4.13. The van der Waals surface area contributed by atoms with Crippen molar-refractivity contribution in [3.05, 3.63) is 0 Å². The highest BCUT2D eigenvalue weighted by Gasteiger charge is 2.38. The lowest BCUT2D eigenvalue weighted by molar-refractivity contribution is -0.219. The minimum Gasteiger partial charge on any atom is -0.476 e. The van der Waals surface area contributed by atoms with E-state index in [9.17, 15) is 19.5 Å². The summed E-state index contributed by atoms with van der Waals surface area (Å²) >= 11 is 0. The number of aliphatic carboxylic acids is 1. The Kier molecular flexibility index (Phi) is 5.09. The molecule has 0 aromatic carbocycles. The summed E-state index contributed by atoms with van der Waals surface area (Å²) in [6.45, 7) is 5.35. The second-order valence-corrected chi connectivity index (χ2v) is 4.13. The molecule has 7 heteroatoms. The lowest BCUT2D eigenvalue weighted by Crippen LogP contribution is -2.49. The molecule has 7 nitrogen and oxygen atoms in total. The lowest BCUT2D eigenvalue weighted by Gasteiger charge is -2.24. The number of hydrogen-bond donors (Lipinski definition) is 3. The van der Waals surface area contributed by atoms with Crippen LogP contribution in [0.1, 0.15) is 27.7 Å². The third-order valence-corrected chi connectivity index (χ3v) is 1.98. The van der Waals surface area contributed by atoms with Crippen LogP contribution in [0.5, 0.6) is 0 Å². The summed E-state index contributed by atoms with van der Waals surface area (Å²) in [6.07, 6.45) is 0. The van der Waals surface area contributed by atoms with E-state index in [-0.39, 0.29) is 5.92 Å². The van der Waals surface area contributed by atoms with E-state index in [1.54, 1.807) is 13.8 Å². The topological polar surface area (TPSA) is 113 Å². The quantitative estimate of drug-likeness (QED) is 0.445. The van der Waals surface area contributed by atoms with E-state index in [0.717, 1.165) is 6.92 Å². The Bertz CT molecular complexity index is 323. The van der Waals surface area contributed by atoms with E-state index >= 15 is 0 Å². The Hall–Kier alpha value is -1.63. The maximum Gasteiger partial charge on any atom is 0.376 e. The number of nitrogens with one attached hydrogen (secondary N) is 1. The average Bonchev–Trinajstić information content (AvgIpc) is 2.12. The highest BCUT2D eigenvalue weighted by molar-refractivity contribution is 5.86. The Morgan fingerprint density at radius 1 is 1.29 bits per heavy atom. The maximum absolute atomic E-state index is 11.6. The predicted octanol–water partition coefficient (Wildman–Crippen LogP) is -0.517. The zero-order valence-corrected chi connectivity index (χ0v) is 10.2. The summed E-state index contributed by atoms with van der Waals surface area (Å²) in [5.74, 6) is -6.03. The minimum absolute atomic E-state index is 0.295. The summed E-state index contributed by atoms with van der Waals surface area (Å²) < 4.78 is 4.43. The molecule has 0 aromatic rings. The summed E-state index contributed by atoms with van der Waals surface area (Å²) in [5, 5.41) is 20.2. The highest BCUT2D eigenvalue weighted by atomic mass is 16.7. The minimum atomic E-state index is -2.61. The van der Waals surface area contributed by atoms with E-state index in [1.807, 2.05) is 0 Å². The third kappa shape index (κ3) is 4.81. The molecule has 0 heterocycles. The first-order chi connectivity index (χ1) is 7.58. The van der Waals surface area contributed by atoms with E-state index in [4.69, 9.17) is 5.11 Å². The molecule has 3 N–H and O–H groups in total. The van der Waals surface area contributed by atoms with Crippen molar-refractivity contribution in [3.63, 3.8) is 0 Å². The van der Waals surface area contributed by atoms with Gasteiger partial charge in [-0.05, 0) is 5.92 Å². The Morgan fingerprint density at radius 3 is 2.06 bits per heavy atom. The average molecular weight is 247 g/mol. The van der Waals surface area contributed by atoms with Gasteiger partial charge in [-0.3, -0.25) is 4.79 Å². The molecule has 0 saturated heterocycles. The van der Waals surface area contributed by atoms with Gasteiger partial charge in [-0.25, -0.2) is 9.59 Å². The van der Waals surface area contributed by atoms with Gasteiger partial charge in [0, 0.05) is 13.8 Å². The first-order valence-corrected chi connectivity index (χ1v) is 5.03. The van der Waals surface area contributed by atoms with E-state index < -0.39 is 29.7 Å². The van der Waals surface area contributed by atoms with E-state index in [0.29, 0.717) is 0 Å². The van der Waals surface area contributed by atoms with Gasteiger partial charge in [0.2, 0.25) is 5.91 Å². The molecule has 0 aromatic heterocycles. The fourth-order valence-corrected chi connectivity index (χ4v) is 1.02. The summed E-state index contributed by atoms with van der Waals surface area (Å²) in [4.78, 5) is 33.0. The molecular weight excluding hydrogens is 230 g/mol. The molecule has 0 aliphatic carbocycles. The fraction of sp³-hybridized carbons (Fsp3) is 0.700. The van der Waals surface area contributed by atoms with Crippen LogP contribution in [-0.2, 0) is 19.1 Å². The zero-order valence-electron chi connectivity index (χ0n) is 10.2. The van der Waals surface area contributed by atoms with Gasteiger partial charge >= 0.3 is 17.7 Å². The Labute approximate surface area is 98.8 Å². The number of amides is 1. The van der Waals surface area contributed by atoms with Crippen LogP contribution in [0.4, 0.5) is 0 Å². The number of carbonyl (C=O) groups is 3. The number of carbonyl (C=O) groups excluding carboxylic acids is 2. The molecule has 0 aliphatic rings. The van der Waals surface area contributed by atoms with Crippen molar-refractivity contribution in [2.24, 2.45) is 5.92 Å². The number of ether oxygens (including phenoxy) is 1. The predicted molar refractivity (Wildman–Crippen MR) is 56.8 cm³/mol. The smallest absolute Gasteiger partial charge is 0.376 e. The van der Waals surface area contributed by atoms with Gasteiger partial charge in [-0.15, -0.1) is 0 Å². The van der Waals surface area contributed by atoms with Crippen LogP contribution in [0, 0.1) is 5.92 Å². The van der Waals surface area contributed by atoms with Gasteiger partial charge in [0.15, 0.2) is 0 Å². The van der Waals surface area contributed by atoms with Crippen LogP contribution in [-0.4, -0.2) is 39.9 Å². The summed E-state index contributed by atoms with van der Waals surface area (Å²) in [6, 6.07) is -1.00. The van der Waals surface area contributed by atoms with Gasteiger partial charge in [-0.1, -0.05) is 13.8 Å². The number of esters is 1. The molecule has 1 amide bonds. The van der Waals surface area contributed by atoms with Crippen LogP contribution in [0.3, 0.4) is 0 Å². The standard InChI is InChI=1S/C10H17NO6/c1-5(2)7(11-6(3)12)8(13)17-10(4,16)9(14)15/h5,7,16H,1-4H3,(H,11,12)(H,14,15). The van der Waals surface area contributed by atoms with Gasteiger partial charge in [0.1, 0.15) is 6.04 Å². The van der Waals surface area contributed by atoms with Crippen molar-refractivity contribution in [2.45, 2.75) is 39.5 Å². The number of carboxylic acid groups (broad SMARTS) is 1. The van der Waals surface area contributed by atoms with Crippen LogP contribution in [0.2, 0.25) is 0 Å². The Morgan fingerprint density at radius 2 is 1.76 bits per heavy atom. The van der Waals surface area contributed by atoms with Crippen molar-refractivity contribution >= 4 is 17.8 Å². The molecule has 0 rings (SSSR count). The SMILES string of the molecule is CC(=O)NC(C(=O)OC(C)(O)C(=O)O)C(C)C. The summed E-state index contributed by atoms with van der Waals surface area (Å²) in [5.41, 5.74) is 0. The van der Waals surface area contributed by atoms with Crippen LogP contribution < -0.4 is 5.32 Å². The fourth-order valence-electron chi connectivity index (χ4n) is 1.02. The van der Waals surface area contributed by atoms with Crippen LogP contribution in [0.15, 0.2) is 0 Å². The molecule has 98 valence electrons. The Balaban J connectivity index is 4.75. The molecular formula is C10H17NO6. The highest BCUT2D eigenvalue weighted by Crippen LogP contribution is 2.11. The number of carboxylic acids is 1. The largest absolute Gasteiger partial charge is 0.476 e.